The minimum Gasteiger partial charge on any atom is -0.493 e. The number of imide groups is 1. The van der Waals surface area contributed by atoms with Crippen LogP contribution in [0.1, 0.15) is 59.2 Å². The lowest BCUT2D eigenvalue weighted by molar-refractivity contribution is -0.136. The predicted octanol–water partition coefficient (Wildman–Crippen LogP) is 6.97. The SMILES string of the molecule is Cc1cc(-c2ccc(N(C)C)nc2)ccc1-c1nc2ccc(CCCCOCCCOc3ccc4c(c3)CN(C3CCC(=O)NC3=O)C4=O)cc2s1. The van der Waals surface area contributed by atoms with Crippen LogP contribution in [0.5, 0.6) is 5.75 Å². The van der Waals surface area contributed by atoms with Gasteiger partial charge in [0.25, 0.3) is 5.91 Å². The standard InChI is InChI=1S/C41H43N5O5S/c1-26-21-28(29-10-16-37(42-24-29)45(2)3)9-12-32(26)40-43-34-14-8-27(22-36(34)52-40)7-4-5-18-50-19-6-20-51-31-11-13-33-30(23-31)25-46(41(33)49)35-15-17-38(47)44-39(35)48/h8-14,16,21-24,35H,4-7,15,17-20,25H2,1-3H3,(H,44,47,48). The Morgan fingerprint density at radius 3 is 2.52 bits per heavy atom. The first-order valence-corrected chi connectivity index (χ1v) is 18.7. The van der Waals surface area contributed by atoms with Gasteiger partial charge in [-0.2, -0.15) is 0 Å². The molecule has 3 aromatic carbocycles. The molecule has 10 nitrogen and oxygen atoms in total. The van der Waals surface area contributed by atoms with E-state index in [-0.39, 0.29) is 18.2 Å². The van der Waals surface area contributed by atoms with Gasteiger partial charge in [0.2, 0.25) is 11.8 Å². The van der Waals surface area contributed by atoms with Crippen molar-refractivity contribution in [2.75, 3.05) is 38.8 Å². The monoisotopic (exact) mass is 717 g/mol. The molecule has 268 valence electrons. The average molecular weight is 718 g/mol. The van der Waals surface area contributed by atoms with E-state index < -0.39 is 11.9 Å². The molecule has 1 saturated heterocycles. The minimum absolute atomic E-state index is 0.184. The second-order valence-corrected chi connectivity index (χ2v) is 14.7. The van der Waals surface area contributed by atoms with Gasteiger partial charge in [0.1, 0.15) is 22.6 Å². The maximum Gasteiger partial charge on any atom is 0.255 e. The number of fused-ring (bicyclic) bond motifs is 2. The molecule has 3 amide bonds. The van der Waals surface area contributed by atoms with Crippen LogP contribution >= 0.6 is 11.3 Å². The van der Waals surface area contributed by atoms with Crippen molar-refractivity contribution in [3.8, 4) is 27.4 Å². The van der Waals surface area contributed by atoms with Gasteiger partial charge >= 0.3 is 0 Å². The van der Waals surface area contributed by atoms with E-state index in [1.165, 1.54) is 15.8 Å². The van der Waals surface area contributed by atoms with Gasteiger partial charge in [-0.1, -0.05) is 24.3 Å². The molecule has 1 N–H and O–H groups in total. The molecule has 0 spiro atoms. The summed E-state index contributed by atoms with van der Waals surface area (Å²) in [6.07, 6.45) is 6.29. The van der Waals surface area contributed by atoms with Crippen LogP contribution < -0.4 is 15.0 Å². The first kappa shape index (κ1) is 35.3. The number of aromatic nitrogens is 2. The molecule has 0 saturated carbocycles. The third-order valence-electron chi connectivity index (χ3n) is 9.65. The molecule has 52 heavy (non-hydrogen) atoms. The van der Waals surface area contributed by atoms with Crippen LogP contribution in [0.2, 0.25) is 0 Å². The van der Waals surface area contributed by atoms with Gasteiger partial charge in [-0.15, -0.1) is 11.3 Å². The Labute approximate surface area is 307 Å². The molecule has 1 fully saturated rings. The topological polar surface area (TPSA) is 114 Å². The number of amides is 3. The fourth-order valence-corrected chi connectivity index (χ4v) is 7.89. The highest BCUT2D eigenvalue weighted by molar-refractivity contribution is 7.21. The van der Waals surface area contributed by atoms with Gasteiger partial charge in [-0.05, 0) is 97.3 Å². The van der Waals surface area contributed by atoms with Gasteiger partial charge in [0.05, 0.1) is 16.8 Å². The fraction of sp³-hybridized carbons (Fsp3) is 0.341. The summed E-state index contributed by atoms with van der Waals surface area (Å²) in [4.78, 5) is 49.8. The van der Waals surface area contributed by atoms with E-state index in [9.17, 15) is 14.4 Å². The van der Waals surface area contributed by atoms with Crippen LogP contribution in [-0.4, -0.2) is 72.5 Å². The Hall–Kier alpha value is -5.13. The lowest BCUT2D eigenvalue weighted by Gasteiger charge is -2.29. The molecule has 5 aromatic rings. The highest BCUT2D eigenvalue weighted by Gasteiger charge is 2.39. The summed E-state index contributed by atoms with van der Waals surface area (Å²) in [7, 11) is 3.99. The molecule has 4 heterocycles. The number of benzene rings is 3. The number of ether oxygens (including phenoxy) is 2. The van der Waals surface area contributed by atoms with Gasteiger partial charge in [-0.25, -0.2) is 9.97 Å². The van der Waals surface area contributed by atoms with Crippen LogP contribution in [-0.2, 0) is 27.3 Å². The number of hydrogen-bond donors (Lipinski definition) is 1. The number of piperidine rings is 1. The number of thiazole rings is 1. The van der Waals surface area contributed by atoms with Crippen molar-refractivity contribution in [1.82, 2.24) is 20.2 Å². The zero-order valence-corrected chi connectivity index (χ0v) is 30.6. The number of carbonyl (C=O) groups is 3. The number of nitrogens with zero attached hydrogens (tertiary/aromatic N) is 4. The summed E-state index contributed by atoms with van der Waals surface area (Å²) in [6, 6.07) is 22.1. The van der Waals surface area contributed by atoms with Gasteiger partial charge in [0, 0.05) is 69.6 Å². The first-order chi connectivity index (χ1) is 25.2. The van der Waals surface area contributed by atoms with Crippen molar-refractivity contribution in [3.63, 3.8) is 0 Å². The summed E-state index contributed by atoms with van der Waals surface area (Å²) in [5, 5.41) is 3.38. The van der Waals surface area contributed by atoms with Crippen LogP contribution in [0.4, 0.5) is 5.82 Å². The fourth-order valence-electron chi connectivity index (χ4n) is 6.77. The van der Waals surface area contributed by atoms with Crippen LogP contribution in [0.15, 0.2) is 72.9 Å². The Morgan fingerprint density at radius 1 is 0.904 bits per heavy atom. The van der Waals surface area contributed by atoms with E-state index >= 15 is 0 Å². The minimum atomic E-state index is -0.620. The lowest BCUT2D eigenvalue weighted by Crippen LogP contribution is -2.52. The first-order valence-electron chi connectivity index (χ1n) is 17.9. The number of rotatable bonds is 14. The van der Waals surface area contributed by atoms with Crippen molar-refractivity contribution in [3.05, 3.63) is 95.2 Å². The second-order valence-electron chi connectivity index (χ2n) is 13.6. The largest absolute Gasteiger partial charge is 0.493 e. The van der Waals surface area contributed by atoms with Crippen molar-refractivity contribution in [2.45, 2.75) is 58.0 Å². The summed E-state index contributed by atoms with van der Waals surface area (Å²) < 4.78 is 13.0. The van der Waals surface area contributed by atoms with E-state index in [4.69, 9.17) is 14.5 Å². The van der Waals surface area contributed by atoms with Crippen molar-refractivity contribution in [2.24, 2.45) is 0 Å². The van der Waals surface area contributed by atoms with Crippen LogP contribution in [0.3, 0.4) is 0 Å². The molecule has 0 radical (unpaired) electrons. The highest BCUT2D eigenvalue weighted by atomic mass is 32.1. The predicted molar refractivity (Wildman–Crippen MR) is 204 cm³/mol. The van der Waals surface area contributed by atoms with E-state index in [1.807, 2.05) is 37.3 Å². The molecule has 2 aliphatic rings. The van der Waals surface area contributed by atoms with Crippen LogP contribution in [0, 0.1) is 6.92 Å². The van der Waals surface area contributed by atoms with Crippen molar-refractivity contribution < 1.29 is 23.9 Å². The molecule has 1 unspecified atom stereocenters. The van der Waals surface area contributed by atoms with E-state index in [0.29, 0.717) is 44.1 Å². The van der Waals surface area contributed by atoms with Crippen molar-refractivity contribution >= 4 is 45.1 Å². The number of carbonyl (C=O) groups excluding carboxylic acids is 3. The smallest absolute Gasteiger partial charge is 0.255 e. The van der Waals surface area contributed by atoms with E-state index in [1.54, 1.807) is 28.4 Å². The van der Waals surface area contributed by atoms with Crippen LogP contribution in [0.25, 0.3) is 31.9 Å². The normalized spacial score (nSPS) is 15.6. The second kappa shape index (κ2) is 15.6. The third kappa shape index (κ3) is 7.85. The molecule has 11 heteroatoms. The molecular formula is C41H43N5O5S. The molecule has 0 aliphatic carbocycles. The molecule has 0 bridgehead atoms. The highest BCUT2D eigenvalue weighted by Crippen LogP contribution is 2.35. The molecular weight excluding hydrogens is 675 g/mol. The van der Waals surface area contributed by atoms with Gasteiger partial charge in [-0.3, -0.25) is 19.7 Å². The number of aryl methyl sites for hydroxylation is 2. The van der Waals surface area contributed by atoms with E-state index in [2.05, 4.69) is 59.7 Å². The summed E-state index contributed by atoms with van der Waals surface area (Å²) >= 11 is 1.74. The maximum atomic E-state index is 12.9. The third-order valence-corrected chi connectivity index (χ3v) is 10.7. The number of hydrogen-bond acceptors (Lipinski definition) is 9. The number of unbranched alkanes of at least 4 members (excludes halogenated alkanes) is 1. The zero-order chi connectivity index (χ0) is 36.2. The molecule has 2 aromatic heterocycles. The summed E-state index contributed by atoms with van der Waals surface area (Å²) in [6.45, 7) is 4.30. The quantitative estimate of drug-likeness (QED) is 0.0969. The van der Waals surface area contributed by atoms with Crippen molar-refractivity contribution in [1.29, 1.82) is 0 Å². The Morgan fingerprint density at radius 2 is 1.73 bits per heavy atom. The Kier molecular flexibility index (Phi) is 10.6. The van der Waals surface area contributed by atoms with E-state index in [0.717, 1.165) is 64.3 Å². The molecule has 2 aliphatic heterocycles. The Balaban J connectivity index is 0.819. The summed E-state index contributed by atoms with van der Waals surface area (Å²) in [5.74, 6) is 0.747. The number of pyridine rings is 1. The lowest BCUT2D eigenvalue weighted by atomic mass is 10.0. The maximum absolute atomic E-state index is 12.9. The Bertz CT molecular complexity index is 2110. The zero-order valence-electron chi connectivity index (χ0n) is 29.8. The number of nitrogens with one attached hydrogen (secondary N) is 1. The van der Waals surface area contributed by atoms with Gasteiger partial charge in [0.15, 0.2) is 0 Å². The molecule has 7 rings (SSSR count). The molecule has 1 atom stereocenters. The summed E-state index contributed by atoms with van der Waals surface area (Å²) in [5.41, 5.74) is 8.36. The van der Waals surface area contributed by atoms with Gasteiger partial charge < -0.3 is 19.3 Å². The average Bonchev–Trinajstić information content (AvgIpc) is 3.70. The number of anilines is 1.